The number of amides is 2. The highest BCUT2D eigenvalue weighted by atomic mass is 35.5. The van der Waals surface area contributed by atoms with Gasteiger partial charge in [0.15, 0.2) is 0 Å². The van der Waals surface area contributed by atoms with Crippen molar-refractivity contribution in [3.63, 3.8) is 0 Å². The average Bonchev–Trinajstić information content (AvgIpc) is 2.86. The van der Waals surface area contributed by atoms with Crippen molar-refractivity contribution in [3.05, 3.63) is 59.4 Å². The summed E-state index contributed by atoms with van der Waals surface area (Å²) >= 11 is 5.73. The van der Waals surface area contributed by atoms with E-state index < -0.39 is 11.7 Å². The average molecular weight is 584 g/mol. The molecule has 1 aliphatic heterocycles. The maximum atomic E-state index is 11.4. The van der Waals surface area contributed by atoms with Crippen LogP contribution in [-0.2, 0) is 16.1 Å². The van der Waals surface area contributed by atoms with Crippen molar-refractivity contribution in [2.45, 2.75) is 66.2 Å². The lowest BCUT2D eigenvalue weighted by molar-refractivity contribution is -0.114. The summed E-state index contributed by atoms with van der Waals surface area (Å²) in [5.41, 5.74) is 8.40. The summed E-state index contributed by atoms with van der Waals surface area (Å²) in [5, 5.41) is 5.75. The van der Waals surface area contributed by atoms with E-state index in [1.54, 1.807) is 39.1 Å². The zero-order valence-corrected chi connectivity index (χ0v) is 25.0. The molecule has 2 amide bonds. The first kappa shape index (κ1) is 31.6. The number of carbonyl (C=O) groups excluding carboxylic acids is 2. The zero-order valence-electron chi connectivity index (χ0n) is 24.3. The van der Waals surface area contributed by atoms with Gasteiger partial charge in [-0.1, -0.05) is 25.4 Å². The van der Waals surface area contributed by atoms with E-state index in [2.05, 4.69) is 34.4 Å². The molecule has 0 unspecified atom stereocenters. The number of ether oxygens (including phenoxy) is 3. The van der Waals surface area contributed by atoms with E-state index in [4.69, 9.17) is 31.5 Å². The summed E-state index contributed by atoms with van der Waals surface area (Å²) in [6, 6.07) is 10.9. The normalized spacial score (nSPS) is 12.5. The van der Waals surface area contributed by atoms with Crippen LogP contribution in [0.3, 0.4) is 0 Å². The Bertz CT molecular complexity index is 1360. The number of carbonyl (C=O) groups is 2. The van der Waals surface area contributed by atoms with Gasteiger partial charge >= 0.3 is 6.09 Å². The van der Waals surface area contributed by atoms with E-state index in [-0.39, 0.29) is 11.9 Å². The van der Waals surface area contributed by atoms with Gasteiger partial charge in [-0.15, -0.1) is 0 Å². The van der Waals surface area contributed by atoms with Gasteiger partial charge < -0.3 is 25.3 Å². The number of nitrogens with zero attached hydrogens (tertiary/aromatic N) is 2. The number of hydrogen-bond acceptors (Lipinski definition) is 8. The van der Waals surface area contributed by atoms with Crippen molar-refractivity contribution in [1.29, 1.82) is 0 Å². The van der Waals surface area contributed by atoms with Crippen LogP contribution in [0.1, 0.15) is 53.5 Å². The molecule has 1 aromatic carbocycles. The number of benzene rings is 1. The van der Waals surface area contributed by atoms with Gasteiger partial charge in [0.1, 0.15) is 41.9 Å². The first-order chi connectivity index (χ1) is 19.3. The van der Waals surface area contributed by atoms with E-state index in [1.165, 1.54) is 13.1 Å². The van der Waals surface area contributed by atoms with Crippen LogP contribution in [-0.4, -0.2) is 40.2 Å². The van der Waals surface area contributed by atoms with E-state index >= 15 is 0 Å². The fraction of sp³-hybridized carbons (Fsp3) is 0.400. The number of fused-ring (bicyclic) bond motifs is 3. The molecular formula is C30H38ClN5O5. The summed E-state index contributed by atoms with van der Waals surface area (Å²) in [6.45, 7) is 12.0. The number of aromatic nitrogens is 2. The lowest BCUT2D eigenvalue weighted by Crippen LogP contribution is -2.29. The number of hydrogen-bond donors (Lipinski definition) is 3. The smallest absolute Gasteiger partial charge is 0.413 e. The monoisotopic (exact) mass is 583 g/mol. The topological polar surface area (TPSA) is 138 Å². The van der Waals surface area contributed by atoms with Gasteiger partial charge in [0.2, 0.25) is 5.91 Å². The molecule has 41 heavy (non-hydrogen) atoms. The van der Waals surface area contributed by atoms with E-state index in [0.29, 0.717) is 35.8 Å². The minimum absolute atomic E-state index is 0.0129. The van der Waals surface area contributed by atoms with Crippen molar-refractivity contribution in [3.8, 4) is 22.6 Å². The SMILES string of the molecule is CC(=O)Nc1nccc2c1COc1cc(OC[C@@H](N)CC(C)C)ccc1-2.CC(C)(C)OC(=O)Nc1cc(Cl)ccn1. The van der Waals surface area contributed by atoms with Crippen molar-refractivity contribution < 1.29 is 23.8 Å². The molecule has 0 saturated carbocycles. The molecule has 1 aliphatic rings. The third kappa shape index (κ3) is 10.2. The Hall–Kier alpha value is -3.89. The van der Waals surface area contributed by atoms with Crippen molar-refractivity contribution in [2.24, 2.45) is 11.7 Å². The molecule has 220 valence electrons. The molecule has 3 aromatic rings. The number of anilines is 2. The summed E-state index contributed by atoms with van der Waals surface area (Å²) in [6.07, 6.45) is 3.58. The van der Waals surface area contributed by atoms with Gasteiger partial charge in [-0.3, -0.25) is 10.1 Å². The quantitative estimate of drug-likeness (QED) is 0.289. The van der Waals surface area contributed by atoms with Crippen LogP contribution in [0.15, 0.2) is 48.8 Å². The molecule has 3 heterocycles. The summed E-state index contributed by atoms with van der Waals surface area (Å²) in [4.78, 5) is 30.8. The minimum atomic E-state index is -0.544. The van der Waals surface area contributed by atoms with Gasteiger partial charge in [-0.25, -0.2) is 14.8 Å². The maximum absolute atomic E-state index is 11.4. The Balaban J connectivity index is 0.000000263. The molecule has 2 aromatic heterocycles. The second kappa shape index (κ2) is 14.1. The number of halogens is 1. The minimum Gasteiger partial charge on any atom is -0.492 e. The Morgan fingerprint density at radius 3 is 2.46 bits per heavy atom. The Morgan fingerprint density at radius 1 is 1.07 bits per heavy atom. The van der Waals surface area contributed by atoms with Gasteiger partial charge in [0, 0.05) is 47.6 Å². The highest BCUT2D eigenvalue weighted by molar-refractivity contribution is 6.30. The van der Waals surface area contributed by atoms with Gasteiger partial charge in [-0.2, -0.15) is 0 Å². The highest BCUT2D eigenvalue weighted by Gasteiger charge is 2.22. The molecule has 10 nitrogen and oxygen atoms in total. The third-order valence-electron chi connectivity index (χ3n) is 5.55. The van der Waals surface area contributed by atoms with Crippen LogP contribution in [0.25, 0.3) is 11.1 Å². The fourth-order valence-electron chi connectivity index (χ4n) is 4.01. The molecule has 4 N–H and O–H groups in total. The van der Waals surface area contributed by atoms with Crippen LogP contribution in [0.4, 0.5) is 16.4 Å². The van der Waals surface area contributed by atoms with Gasteiger partial charge in [0.05, 0.1) is 0 Å². The molecule has 0 spiro atoms. The number of nitrogens with one attached hydrogen (secondary N) is 2. The first-order valence-electron chi connectivity index (χ1n) is 13.3. The Labute approximate surface area is 246 Å². The first-order valence-corrected chi connectivity index (χ1v) is 13.7. The zero-order chi connectivity index (χ0) is 30.2. The molecule has 0 fully saturated rings. The van der Waals surface area contributed by atoms with Crippen LogP contribution in [0.5, 0.6) is 11.5 Å². The molecule has 1 atom stereocenters. The fourth-order valence-corrected chi connectivity index (χ4v) is 4.17. The lowest BCUT2D eigenvalue weighted by atomic mass is 9.98. The predicted molar refractivity (Wildman–Crippen MR) is 160 cm³/mol. The lowest BCUT2D eigenvalue weighted by Gasteiger charge is -2.23. The molecule has 0 aliphatic carbocycles. The van der Waals surface area contributed by atoms with E-state index in [0.717, 1.165) is 34.6 Å². The molecule has 0 bridgehead atoms. The third-order valence-corrected chi connectivity index (χ3v) is 5.79. The van der Waals surface area contributed by atoms with Crippen LogP contribution in [0.2, 0.25) is 5.02 Å². The summed E-state index contributed by atoms with van der Waals surface area (Å²) in [7, 11) is 0. The second-order valence-corrected chi connectivity index (χ2v) is 11.4. The van der Waals surface area contributed by atoms with Gasteiger partial charge in [0.25, 0.3) is 0 Å². The second-order valence-electron chi connectivity index (χ2n) is 11.0. The Kier molecular flexibility index (Phi) is 10.9. The van der Waals surface area contributed by atoms with E-state index in [1.807, 2.05) is 24.3 Å². The molecule has 0 radical (unpaired) electrons. The predicted octanol–water partition coefficient (Wildman–Crippen LogP) is 6.43. The number of nitrogens with two attached hydrogens (primary N) is 1. The summed E-state index contributed by atoms with van der Waals surface area (Å²) < 4.78 is 16.8. The van der Waals surface area contributed by atoms with Crippen LogP contribution in [0, 0.1) is 5.92 Å². The number of rotatable bonds is 7. The van der Waals surface area contributed by atoms with E-state index in [9.17, 15) is 9.59 Å². The number of pyridine rings is 2. The van der Waals surface area contributed by atoms with Crippen molar-refractivity contribution >= 4 is 35.2 Å². The maximum Gasteiger partial charge on any atom is 0.413 e. The van der Waals surface area contributed by atoms with Crippen LogP contribution < -0.4 is 25.8 Å². The molecule has 11 heteroatoms. The molecule has 0 saturated heterocycles. The van der Waals surface area contributed by atoms with Crippen LogP contribution >= 0.6 is 11.6 Å². The molecular weight excluding hydrogens is 546 g/mol. The standard InChI is InChI=1S/C20H25N3O3.C10H13ClN2O2/c1-12(2)8-14(21)10-25-15-4-5-17-16-6-7-22-20(23-13(3)24)18(16)11-26-19(17)9-15;1-10(2,3)15-9(14)13-8-6-7(11)4-5-12-8/h4-7,9,12,14H,8,10-11,21H2,1-3H3,(H,22,23,24);4-6H,1-3H3,(H,12,13,14)/t14-;/m0./s1. The summed E-state index contributed by atoms with van der Waals surface area (Å²) in [5.74, 6) is 2.80. The molecule has 4 rings (SSSR count). The van der Waals surface area contributed by atoms with Gasteiger partial charge in [-0.05, 0) is 69.0 Å². The largest absolute Gasteiger partial charge is 0.492 e. The van der Waals surface area contributed by atoms with Crippen molar-refractivity contribution in [1.82, 2.24) is 9.97 Å². The van der Waals surface area contributed by atoms with Crippen molar-refractivity contribution in [2.75, 3.05) is 17.2 Å². The highest BCUT2D eigenvalue weighted by Crippen LogP contribution is 2.41. The Morgan fingerprint density at radius 2 is 1.80 bits per heavy atom.